The average Bonchev–Trinajstić information content (AvgIpc) is 3.73. The van der Waals surface area contributed by atoms with Gasteiger partial charge in [0, 0.05) is 40.3 Å². The zero-order chi connectivity index (χ0) is 25.7. The van der Waals surface area contributed by atoms with Gasteiger partial charge in [0.2, 0.25) is 0 Å². The maximum absolute atomic E-state index is 6.68. The Hall–Kier alpha value is -2.72. The summed E-state index contributed by atoms with van der Waals surface area (Å²) in [5, 5.41) is 2.53. The average molecular weight is 612 g/mol. The largest absolute Gasteiger partial charge is 0.454 e. The molecule has 0 bridgehead atoms. The molecule has 0 amide bonds. The fraction of sp³-hybridized carbons (Fsp3) is 0.0968. The maximum atomic E-state index is 6.68. The molecular formula is C31H17NOS6. The van der Waals surface area contributed by atoms with Crippen LogP contribution in [0.3, 0.4) is 0 Å². The number of hydrogen-bond donors (Lipinski definition) is 0. The Morgan fingerprint density at radius 2 is 1.23 bits per heavy atom. The van der Waals surface area contributed by atoms with E-state index in [9.17, 15) is 0 Å². The summed E-state index contributed by atoms with van der Waals surface area (Å²) >= 11 is 11.5. The summed E-state index contributed by atoms with van der Waals surface area (Å²) < 4.78 is 22.9. The normalized spacial score (nSPS) is 13.0. The Morgan fingerprint density at radius 1 is 0.538 bits per heavy atom. The first-order valence-electron chi connectivity index (χ1n) is 12.7. The summed E-state index contributed by atoms with van der Waals surface area (Å²) in [6.07, 6.45) is 0. The van der Waals surface area contributed by atoms with Crippen molar-refractivity contribution in [1.29, 1.82) is 0 Å². The fourth-order valence-electron chi connectivity index (χ4n) is 6.02. The predicted octanol–water partition coefficient (Wildman–Crippen LogP) is 12.6. The van der Waals surface area contributed by atoms with Gasteiger partial charge in [0.1, 0.15) is 5.58 Å². The highest BCUT2D eigenvalue weighted by molar-refractivity contribution is 7.41. The van der Waals surface area contributed by atoms with Gasteiger partial charge in [-0.2, -0.15) is 0 Å². The quantitative estimate of drug-likeness (QED) is 0.181. The Bertz CT molecular complexity index is 2630. The number of hydrogen-bond acceptors (Lipinski definition) is 7. The van der Waals surface area contributed by atoms with Crippen LogP contribution in [0.5, 0.6) is 0 Å². The lowest BCUT2D eigenvalue weighted by atomic mass is 10.2. The lowest BCUT2D eigenvalue weighted by molar-refractivity contribution is 0.674. The second-order valence-corrected chi connectivity index (χ2v) is 17.0. The zero-order valence-electron chi connectivity index (χ0n) is 20.9. The molecule has 10 rings (SSSR count). The number of nitrogens with zero attached hydrogens (tertiary/aromatic N) is 1. The van der Waals surface area contributed by atoms with E-state index in [4.69, 9.17) is 4.42 Å². The molecule has 0 aliphatic carbocycles. The molecule has 0 N–H and O–H groups in total. The highest BCUT2D eigenvalue weighted by atomic mass is 32.1. The van der Waals surface area contributed by atoms with Crippen LogP contribution in [0.15, 0.2) is 52.9 Å². The molecule has 188 valence electrons. The first-order chi connectivity index (χ1) is 19.0. The zero-order valence-corrected chi connectivity index (χ0v) is 25.8. The van der Waals surface area contributed by atoms with Crippen molar-refractivity contribution in [1.82, 2.24) is 4.57 Å². The van der Waals surface area contributed by atoms with E-state index in [-0.39, 0.29) is 0 Å². The van der Waals surface area contributed by atoms with E-state index in [1.54, 1.807) is 0 Å². The number of furan rings is 1. The maximum Gasteiger partial charge on any atom is 0.164 e. The molecule has 10 aromatic rings. The molecule has 0 aliphatic heterocycles. The second kappa shape index (κ2) is 7.32. The van der Waals surface area contributed by atoms with Gasteiger partial charge in [-0.05, 0) is 57.2 Å². The molecule has 0 unspecified atom stereocenters. The summed E-state index contributed by atoms with van der Waals surface area (Å²) in [4.78, 5) is 2.75. The minimum absolute atomic E-state index is 0.996. The van der Waals surface area contributed by atoms with Crippen LogP contribution in [0.1, 0.15) is 15.3 Å². The highest BCUT2D eigenvalue weighted by Crippen LogP contribution is 2.53. The SMILES string of the molecule is Cc1ccc(-n2c3c4cc5oc6c(sc7c8sc(C)cc8sc67)c5cc4sc3c3sc4cc(C)sc4c32)cc1. The van der Waals surface area contributed by atoms with Crippen LogP contribution >= 0.6 is 68.0 Å². The smallest absolute Gasteiger partial charge is 0.164 e. The first kappa shape index (κ1) is 22.0. The van der Waals surface area contributed by atoms with Crippen molar-refractivity contribution in [2.75, 3.05) is 0 Å². The van der Waals surface area contributed by atoms with Crippen molar-refractivity contribution < 1.29 is 4.42 Å². The third-order valence-corrected chi connectivity index (χ3v) is 15.1. The Balaban J connectivity index is 1.34. The minimum atomic E-state index is 0.996. The van der Waals surface area contributed by atoms with Crippen molar-refractivity contribution in [3.8, 4) is 5.69 Å². The Labute approximate surface area is 245 Å². The summed E-state index contributed by atoms with van der Waals surface area (Å²) in [6, 6.07) is 18.4. The van der Waals surface area contributed by atoms with Gasteiger partial charge in [0.25, 0.3) is 0 Å². The van der Waals surface area contributed by atoms with Gasteiger partial charge in [0.05, 0.1) is 43.9 Å². The molecule has 2 aromatic carbocycles. The summed E-state index contributed by atoms with van der Waals surface area (Å²) in [5.41, 5.74) is 7.24. The predicted molar refractivity (Wildman–Crippen MR) is 180 cm³/mol. The van der Waals surface area contributed by atoms with Gasteiger partial charge >= 0.3 is 0 Å². The molecule has 0 saturated carbocycles. The highest BCUT2D eigenvalue weighted by Gasteiger charge is 2.25. The van der Waals surface area contributed by atoms with E-state index in [1.807, 2.05) is 68.0 Å². The molecule has 39 heavy (non-hydrogen) atoms. The molecule has 0 radical (unpaired) electrons. The summed E-state index contributed by atoms with van der Waals surface area (Å²) in [5.74, 6) is 0. The Kier molecular flexibility index (Phi) is 4.13. The fourth-order valence-corrected chi connectivity index (χ4v) is 13.9. The molecule has 0 saturated heterocycles. The number of fused-ring (bicyclic) bond motifs is 14. The van der Waals surface area contributed by atoms with E-state index in [0.29, 0.717) is 0 Å². The molecule has 0 fully saturated rings. The molecule has 8 aromatic heterocycles. The topological polar surface area (TPSA) is 18.1 Å². The summed E-state index contributed by atoms with van der Waals surface area (Å²) in [7, 11) is 0. The van der Waals surface area contributed by atoms with Crippen molar-refractivity contribution in [2.24, 2.45) is 0 Å². The third kappa shape index (κ3) is 2.75. The van der Waals surface area contributed by atoms with Crippen molar-refractivity contribution in [3.63, 3.8) is 0 Å². The van der Waals surface area contributed by atoms with Gasteiger partial charge in [0.15, 0.2) is 5.58 Å². The third-order valence-electron chi connectivity index (χ3n) is 7.69. The molecule has 2 nitrogen and oxygen atoms in total. The van der Waals surface area contributed by atoms with E-state index < -0.39 is 0 Å². The van der Waals surface area contributed by atoms with E-state index in [0.717, 1.165) is 11.2 Å². The molecule has 0 atom stereocenters. The molecule has 0 spiro atoms. The van der Waals surface area contributed by atoms with Crippen LogP contribution in [0.4, 0.5) is 0 Å². The van der Waals surface area contributed by atoms with Gasteiger partial charge in [-0.15, -0.1) is 68.0 Å². The van der Waals surface area contributed by atoms with Gasteiger partial charge in [-0.1, -0.05) is 17.7 Å². The van der Waals surface area contributed by atoms with Crippen LogP contribution in [-0.4, -0.2) is 4.57 Å². The first-order valence-corrected chi connectivity index (χ1v) is 17.6. The summed E-state index contributed by atoms with van der Waals surface area (Å²) in [6.45, 7) is 6.58. The standard InChI is InChI=1S/C31H17NOS6/c1-12-4-6-15(7-5-12)32-22-17-10-18-16(25-24(33-18)30-31(39-25)27-21(38-30)9-14(3)35-27)11-19(17)36-28(22)29-23(32)26-20(37-29)8-13(2)34-26/h4-11H,1-3H3. The van der Waals surface area contributed by atoms with Crippen molar-refractivity contribution in [3.05, 3.63) is 63.8 Å². The van der Waals surface area contributed by atoms with Gasteiger partial charge in [-0.25, -0.2) is 0 Å². The molecular weight excluding hydrogens is 595 g/mol. The van der Waals surface area contributed by atoms with Crippen molar-refractivity contribution >= 4 is 148 Å². The van der Waals surface area contributed by atoms with Crippen molar-refractivity contribution in [2.45, 2.75) is 20.8 Å². The number of aryl methyl sites for hydroxylation is 3. The lowest BCUT2D eigenvalue weighted by Crippen LogP contribution is -1.93. The number of thiophene rings is 6. The van der Waals surface area contributed by atoms with Crippen LogP contribution in [0.25, 0.3) is 85.7 Å². The molecule has 8 heteroatoms. The van der Waals surface area contributed by atoms with E-state index >= 15 is 0 Å². The number of benzene rings is 2. The van der Waals surface area contributed by atoms with Crippen LogP contribution in [0, 0.1) is 20.8 Å². The number of aromatic nitrogens is 1. The number of rotatable bonds is 1. The minimum Gasteiger partial charge on any atom is -0.454 e. The van der Waals surface area contributed by atoms with Crippen LogP contribution < -0.4 is 0 Å². The van der Waals surface area contributed by atoms with Crippen LogP contribution in [0.2, 0.25) is 0 Å². The monoisotopic (exact) mass is 611 g/mol. The Morgan fingerprint density at radius 3 is 2.05 bits per heavy atom. The van der Waals surface area contributed by atoms with Crippen LogP contribution in [-0.2, 0) is 0 Å². The lowest BCUT2D eigenvalue weighted by Gasteiger charge is -2.08. The molecule has 0 aliphatic rings. The van der Waals surface area contributed by atoms with Gasteiger partial charge in [-0.3, -0.25) is 0 Å². The second-order valence-electron chi connectivity index (χ2n) is 10.3. The van der Waals surface area contributed by atoms with E-state index in [1.165, 1.54) is 89.8 Å². The molecule has 8 heterocycles. The van der Waals surface area contributed by atoms with Gasteiger partial charge < -0.3 is 8.98 Å². The van der Waals surface area contributed by atoms with E-state index in [2.05, 4.69) is 73.9 Å².